The first-order valence-electron chi connectivity index (χ1n) is 10.4. The van der Waals surface area contributed by atoms with Crippen LogP contribution in [0.2, 0.25) is 0 Å². The molecule has 2 aromatic carbocycles. The quantitative estimate of drug-likeness (QED) is 0.644. The molecule has 0 bridgehead atoms. The number of para-hydroxylation sites is 2. The number of aromatic amines is 1. The summed E-state index contributed by atoms with van der Waals surface area (Å²) in [4.78, 5) is 10.8. The predicted molar refractivity (Wildman–Crippen MR) is 113 cm³/mol. The average molecular weight is 373 g/mol. The summed E-state index contributed by atoms with van der Waals surface area (Å²) < 4.78 is 0. The SMILES string of the molecule is CC(c1nc2ccccc2[nH]1)N1CCC(CCCc2cccc(C#N)c2)CC1. The van der Waals surface area contributed by atoms with E-state index in [1.807, 2.05) is 24.3 Å². The van der Waals surface area contributed by atoms with Crippen molar-refractivity contribution < 1.29 is 0 Å². The molecule has 1 fully saturated rings. The number of nitrogens with one attached hydrogen (secondary N) is 1. The van der Waals surface area contributed by atoms with Crippen LogP contribution in [0.5, 0.6) is 0 Å². The Balaban J connectivity index is 1.25. The summed E-state index contributed by atoms with van der Waals surface area (Å²) in [5, 5.41) is 9.02. The number of rotatable bonds is 6. The molecule has 0 amide bonds. The second-order valence-corrected chi connectivity index (χ2v) is 8.00. The monoisotopic (exact) mass is 372 g/mol. The van der Waals surface area contributed by atoms with Crippen LogP contribution >= 0.6 is 0 Å². The van der Waals surface area contributed by atoms with Gasteiger partial charge in [-0.15, -0.1) is 0 Å². The van der Waals surface area contributed by atoms with E-state index in [1.165, 1.54) is 31.2 Å². The van der Waals surface area contributed by atoms with E-state index in [2.05, 4.69) is 47.1 Å². The molecule has 1 atom stereocenters. The number of hydrogen-bond donors (Lipinski definition) is 1. The average Bonchev–Trinajstić information content (AvgIpc) is 3.18. The molecule has 1 unspecified atom stereocenters. The van der Waals surface area contributed by atoms with Gasteiger partial charge in [0.2, 0.25) is 0 Å². The first-order valence-corrected chi connectivity index (χ1v) is 10.4. The Morgan fingerprint density at radius 3 is 2.79 bits per heavy atom. The van der Waals surface area contributed by atoms with E-state index >= 15 is 0 Å². The van der Waals surface area contributed by atoms with Crippen LogP contribution in [0, 0.1) is 17.2 Å². The maximum Gasteiger partial charge on any atom is 0.124 e. The van der Waals surface area contributed by atoms with E-state index < -0.39 is 0 Å². The van der Waals surface area contributed by atoms with Crippen LogP contribution in [-0.2, 0) is 6.42 Å². The summed E-state index contributed by atoms with van der Waals surface area (Å²) in [5.41, 5.74) is 4.24. The Bertz CT molecular complexity index is 927. The molecule has 0 radical (unpaired) electrons. The Hall–Kier alpha value is -2.64. The largest absolute Gasteiger partial charge is 0.341 e. The molecule has 1 aliphatic rings. The zero-order valence-corrected chi connectivity index (χ0v) is 16.6. The third-order valence-electron chi connectivity index (χ3n) is 6.13. The number of hydrogen-bond acceptors (Lipinski definition) is 3. The Morgan fingerprint density at radius 1 is 1.18 bits per heavy atom. The highest BCUT2D eigenvalue weighted by molar-refractivity contribution is 5.74. The van der Waals surface area contributed by atoms with Crippen LogP contribution in [0.1, 0.15) is 55.6 Å². The molecule has 4 heteroatoms. The number of imidazole rings is 1. The first-order chi connectivity index (χ1) is 13.7. The molecule has 4 rings (SSSR count). The van der Waals surface area contributed by atoms with Crippen molar-refractivity contribution >= 4 is 11.0 Å². The van der Waals surface area contributed by atoms with Gasteiger partial charge >= 0.3 is 0 Å². The summed E-state index contributed by atoms with van der Waals surface area (Å²) in [6.45, 7) is 4.56. The number of fused-ring (bicyclic) bond motifs is 1. The van der Waals surface area contributed by atoms with Crippen LogP contribution in [0.4, 0.5) is 0 Å². The van der Waals surface area contributed by atoms with Crippen molar-refractivity contribution in [2.45, 2.75) is 45.1 Å². The van der Waals surface area contributed by atoms with Crippen LogP contribution in [0.25, 0.3) is 11.0 Å². The molecule has 1 aromatic heterocycles. The van der Waals surface area contributed by atoms with Crippen molar-refractivity contribution in [2.75, 3.05) is 13.1 Å². The minimum Gasteiger partial charge on any atom is -0.341 e. The second kappa shape index (κ2) is 8.58. The summed E-state index contributed by atoms with van der Waals surface area (Å²) in [6, 6.07) is 18.9. The molecule has 144 valence electrons. The number of nitrogens with zero attached hydrogens (tertiary/aromatic N) is 3. The zero-order valence-electron chi connectivity index (χ0n) is 16.6. The molecular weight excluding hydrogens is 344 g/mol. The fourth-order valence-electron chi connectivity index (χ4n) is 4.36. The van der Waals surface area contributed by atoms with Gasteiger partial charge in [0, 0.05) is 0 Å². The minimum atomic E-state index is 0.335. The summed E-state index contributed by atoms with van der Waals surface area (Å²) in [5.74, 6) is 1.90. The molecule has 28 heavy (non-hydrogen) atoms. The van der Waals surface area contributed by atoms with Crippen molar-refractivity contribution in [1.82, 2.24) is 14.9 Å². The molecule has 1 saturated heterocycles. The summed E-state index contributed by atoms with van der Waals surface area (Å²) in [6.07, 6.45) is 6.10. The van der Waals surface area contributed by atoms with Crippen LogP contribution in [0.3, 0.4) is 0 Å². The third-order valence-corrected chi connectivity index (χ3v) is 6.13. The zero-order chi connectivity index (χ0) is 19.3. The van der Waals surface area contributed by atoms with Gasteiger partial charge in [0.05, 0.1) is 28.7 Å². The van der Waals surface area contributed by atoms with Gasteiger partial charge in [0.15, 0.2) is 0 Å². The van der Waals surface area contributed by atoms with E-state index in [-0.39, 0.29) is 0 Å². The van der Waals surface area contributed by atoms with Gasteiger partial charge in [0.1, 0.15) is 5.82 Å². The maximum atomic E-state index is 9.02. The molecular formula is C24H28N4. The third kappa shape index (κ3) is 4.26. The number of H-pyrrole nitrogens is 1. The number of aryl methyl sites for hydroxylation is 1. The highest BCUT2D eigenvalue weighted by Crippen LogP contribution is 2.29. The van der Waals surface area contributed by atoms with Crippen molar-refractivity contribution in [3.8, 4) is 6.07 Å². The highest BCUT2D eigenvalue weighted by Gasteiger charge is 2.25. The van der Waals surface area contributed by atoms with Crippen LogP contribution in [0.15, 0.2) is 48.5 Å². The molecule has 0 saturated carbocycles. The molecule has 4 nitrogen and oxygen atoms in total. The number of likely N-dealkylation sites (tertiary alicyclic amines) is 1. The van der Waals surface area contributed by atoms with Gasteiger partial charge in [-0.2, -0.15) is 5.26 Å². The number of nitriles is 1. The van der Waals surface area contributed by atoms with Gasteiger partial charge in [0.25, 0.3) is 0 Å². The first kappa shape index (κ1) is 18.7. The van der Waals surface area contributed by atoms with E-state index in [0.29, 0.717) is 6.04 Å². The second-order valence-electron chi connectivity index (χ2n) is 8.00. The molecule has 0 spiro atoms. The Morgan fingerprint density at radius 2 is 2.00 bits per heavy atom. The van der Waals surface area contributed by atoms with E-state index in [1.54, 1.807) is 0 Å². The standard InChI is InChI=1S/C24H28N4/c1-18(24-26-22-10-2-3-11-23(22)27-24)28-14-12-19(13-15-28)6-4-7-20-8-5-9-21(16-20)17-25/h2-3,5,8-11,16,18-19H,4,6-7,12-15H2,1H3,(H,26,27). The van der Waals surface area contributed by atoms with E-state index in [0.717, 1.165) is 47.8 Å². The van der Waals surface area contributed by atoms with Crippen molar-refractivity contribution in [3.05, 3.63) is 65.5 Å². The fourth-order valence-corrected chi connectivity index (χ4v) is 4.36. The molecule has 1 N–H and O–H groups in total. The number of benzene rings is 2. The summed E-state index contributed by atoms with van der Waals surface area (Å²) >= 11 is 0. The highest BCUT2D eigenvalue weighted by atomic mass is 15.2. The number of aromatic nitrogens is 2. The van der Waals surface area contributed by atoms with Crippen molar-refractivity contribution in [2.24, 2.45) is 5.92 Å². The normalized spacial score (nSPS) is 16.9. The van der Waals surface area contributed by atoms with Gasteiger partial charge in [-0.05, 0) is 81.4 Å². The van der Waals surface area contributed by atoms with Crippen LogP contribution in [-0.4, -0.2) is 28.0 Å². The lowest BCUT2D eigenvalue weighted by atomic mass is 9.90. The molecule has 2 heterocycles. The van der Waals surface area contributed by atoms with Crippen molar-refractivity contribution in [1.29, 1.82) is 5.26 Å². The Kier molecular flexibility index (Phi) is 5.73. The lowest BCUT2D eigenvalue weighted by Crippen LogP contribution is -2.36. The fraction of sp³-hybridized carbons (Fsp3) is 0.417. The predicted octanol–water partition coefficient (Wildman–Crippen LogP) is 5.23. The molecule has 3 aromatic rings. The van der Waals surface area contributed by atoms with Crippen LogP contribution < -0.4 is 0 Å². The molecule has 0 aliphatic carbocycles. The van der Waals surface area contributed by atoms with E-state index in [4.69, 9.17) is 10.2 Å². The minimum absolute atomic E-state index is 0.335. The lowest BCUT2D eigenvalue weighted by molar-refractivity contribution is 0.133. The van der Waals surface area contributed by atoms with Gasteiger partial charge in [-0.25, -0.2) is 4.98 Å². The summed E-state index contributed by atoms with van der Waals surface area (Å²) in [7, 11) is 0. The van der Waals surface area contributed by atoms with Gasteiger partial charge in [-0.1, -0.05) is 30.7 Å². The molecule has 1 aliphatic heterocycles. The van der Waals surface area contributed by atoms with Crippen molar-refractivity contribution in [3.63, 3.8) is 0 Å². The topological polar surface area (TPSA) is 55.7 Å². The lowest BCUT2D eigenvalue weighted by Gasteiger charge is -2.35. The van der Waals surface area contributed by atoms with Gasteiger partial charge < -0.3 is 4.98 Å². The Labute approximate surface area is 167 Å². The number of piperidine rings is 1. The maximum absolute atomic E-state index is 9.02. The van der Waals surface area contributed by atoms with Gasteiger partial charge in [-0.3, -0.25) is 4.90 Å². The smallest absolute Gasteiger partial charge is 0.124 e. The van der Waals surface area contributed by atoms with E-state index in [9.17, 15) is 0 Å².